The summed E-state index contributed by atoms with van der Waals surface area (Å²) in [5, 5.41) is 17.8. The van der Waals surface area contributed by atoms with E-state index >= 15 is 0 Å². The molecule has 1 atom stereocenters. The molecule has 3 aromatic rings. The Morgan fingerprint density at radius 3 is 2.70 bits per heavy atom. The normalized spacial score (nSPS) is 16.9. The van der Waals surface area contributed by atoms with Crippen LogP contribution < -0.4 is 5.56 Å². The van der Waals surface area contributed by atoms with Gasteiger partial charge in [0.1, 0.15) is 5.52 Å². The van der Waals surface area contributed by atoms with Gasteiger partial charge < -0.3 is 10.0 Å². The Kier molecular flexibility index (Phi) is 4.88. The Hall–Kier alpha value is -3.15. The third-order valence-corrected chi connectivity index (χ3v) is 5.44. The van der Waals surface area contributed by atoms with Crippen LogP contribution in [0.25, 0.3) is 11.5 Å². The SMILES string of the molecule is Cc1c(C(=O)N2CCC(C(O)C(F)(F)F)CC2)cnn1-c1nn2cccc2c(=O)[nH]1. The van der Waals surface area contributed by atoms with Crippen LogP contribution in [0.3, 0.4) is 0 Å². The monoisotopic (exact) mass is 424 g/mol. The molecule has 9 nitrogen and oxygen atoms in total. The van der Waals surface area contributed by atoms with Crippen LogP contribution in [-0.2, 0) is 0 Å². The number of likely N-dealkylation sites (tertiary alicyclic amines) is 1. The molecule has 1 aliphatic rings. The average Bonchev–Trinajstić information content (AvgIpc) is 3.33. The van der Waals surface area contributed by atoms with Gasteiger partial charge in [0, 0.05) is 19.3 Å². The largest absolute Gasteiger partial charge is 0.414 e. The molecule has 4 rings (SSSR count). The molecule has 1 amide bonds. The molecule has 0 radical (unpaired) electrons. The first-order chi connectivity index (χ1) is 14.2. The van der Waals surface area contributed by atoms with E-state index in [9.17, 15) is 27.9 Å². The minimum atomic E-state index is -4.67. The first kappa shape index (κ1) is 20.1. The highest BCUT2D eigenvalue weighted by atomic mass is 19.4. The number of piperidine rings is 1. The van der Waals surface area contributed by atoms with Crippen molar-refractivity contribution in [2.75, 3.05) is 13.1 Å². The summed E-state index contributed by atoms with van der Waals surface area (Å²) in [6.07, 6.45) is -3.99. The predicted molar refractivity (Wildman–Crippen MR) is 98.4 cm³/mol. The summed E-state index contributed by atoms with van der Waals surface area (Å²) in [6, 6.07) is 3.28. The quantitative estimate of drug-likeness (QED) is 0.659. The lowest BCUT2D eigenvalue weighted by Gasteiger charge is -2.34. The number of carbonyl (C=O) groups excluding carboxylic acids is 1. The number of hydrogen-bond acceptors (Lipinski definition) is 5. The number of hydrogen-bond donors (Lipinski definition) is 2. The van der Waals surface area contributed by atoms with Gasteiger partial charge in [0.25, 0.3) is 11.5 Å². The zero-order chi connectivity index (χ0) is 21.6. The molecule has 160 valence electrons. The molecule has 1 unspecified atom stereocenters. The molecule has 2 N–H and O–H groups in total. The van der Waals surface area contributed by atoms with E-state index in [4.69, 9.17) is 0 Å². The molecule has 30 heavy (non-hydrogen) atoms. The smallest absolute Gasteiger partial charge is 0.383 e. The van der Waals surface area contributed by atoms with Crippen LogP contribution in [0.5, 0.6) is 0 Å². The molecule has 4 heterocycles. The van der Waals surface area contributed by atoms with E-state index in [1.54, 1.807) is 25.3 Å². The molecule has 1 saturated heterocycles. The molecule has 1 aliphatic heterocycles. The van der Waals surface area contributed by atoms with Crippen LogP contribution >= 0.6 is 0 Å². The number of H-pyrrole nitrogens is 1. The van der Waals surface area contributed by atoms with E-state index in [1.165, 1.54) is 20.3 Å². The second-order valence-electron chi connectivity index (χ2n) is 7.29. The highest BCUT2D eigenvalue weighted by Crippen LogP contribution is 2.32. The number of nitrogens with one attached hydrogen (secondary N) is 1. The van der Waals surface area contributed by atoms with Gasteiger partial charge in [-0.25, -0.2) is 9.20 Å². The number of nitrogens with zero attached hydrogens (tertiary/aromatic N) is 5. The average molecular weight is 424 g/mol. The molecule has 0 saturated carbocycles. The summed E-state index contributed by atoms with van der Waals surface area (Å²) in [5.41, 5.74) is 0.703. The van der Waals surface area contributed by atoms with Gasteiger partial charge in [0.15, 0.2) is 6.10 Å². The number of amides is 1. The van der Waals surface area contributed by atoms with E-state index in [-0.39, 0.29) is 48.9 Å². The van der Waals surface area contributed by atoms with E-state index in [2.05, 4.69) is 15.2 Å². The van der Waals surface area contributed by atoms with Crippen molar-refractivity contribution < 1.29 is 23.1 Å². The van der Waals surface area contributed by atoms with Gasteiger partial charge in [-0.2, -0.15) is 18.3 Å². The van der Waals surface area contributed by atoms with E-state index in [0.717, 1.165) is 0 Å². The molecule has 0 bridgehead atoms. The van der Waals surface area contributed by atoms with Crippen molar-refractivity contribution in [2.24, 2.45) is 5.92 Å². The number of rotatable bonds is 3. The molecule has 0 aromatic carbocycles. The Labute approximate surface area is 167 Å². The van der Waals surface area contributed by atoms with Gasteiger partial charge in [-0.15, -0.1) is 5.10 Å². The van der Waals surface area contributed by atoms with Crippen LogP contribution in [0.1, 0.15) is 28.9 Å². The van der Waals surface area contributed by atoms with Gasteiger partial charge in [0.05, 0.1) is 17.5 Å². The fourth-order valence-electron chi connectivity index (χ4n) is 3.72. The van der Waals surface area contributed by atoms with Crippen LogP contribution in [0.4, 0.5) is 13.2 Å². The number of halogens is 3. The molecule has 3 aromatic heterocycles. The van der Waals surface area contributed by atoms with Crippen LogP contribution in [-0.4, -0.2) is 65.7 Å². The van der Waals surface area contributed by atoms with Crippen molar-refractivity contribution >= 4 is 11.4 Å². The van der Waals surface area contributed by atoms with Crippen LogP contribution in [0.15, 0.2) is 29.3 Å². The first-order valence-electron chi connectivity index (χ1n) is 9.33. The van der Waals surface area contributed by atoms with E-state index < -0.39 is 18.2 Å². The molecule has 0 aliphatic carbocycles. The summed E-state index contributed by atoms with van der Waals surface area (Å²) in [5.74, 6) is -1.17. The van der Waals surface area contributed by atoms with E-state index in [1.807, 2.05) is 0 Å². The summed E-state index contributed by atoms with van der Waals surface area (Å²) in [6.45, 7) is 1.84. The van der Waals surface area contributed by atoms with Gasteiger partial charge in [0.2, 0.25) is 5.95 Å². The number of fused-ring (bicyclic) bond motifs is 1. The number of alkyl halides is 3. The number of aliphatic hydroxyl groups is 1. The number of aromatic amines is 1. The lowest BCUT2D eigenvalue weighted by Crippen LogP contribution is -2.45. The first-order valence-corrected chi connectivity index (χ1v) is 9.33. The molecule has 1 fully saturated rings. The van der Waals surface area contributed by atoms with Crippen molar-refractivity contribution in [1.29, 1.82) is 0 Å². The van der Waals surface area contributed by atoms with Gasteiger partial charge in [-0.05, 0) is 37.8 Å². The summed E-state index contributed by atoms with van der Waals surface area (Å²) >= 11 is 0. The zero-order valence-corrected chi connectivity index (χ0v) is 15.9. The lowest BCUT2D eigenvalue weighted by molar-refractivity contribution is -0.222. The standard InChI is InChI=1S/C18H19F3N6O3/c1-10-12(16(30)25-7-4-11(5-8-25)14(28)18(19,20)21)9-22-27(10)17-23-15(29)13-3-2-6-26(13)24-17/h2-3,6,9,11,14,28H,4-5,7-8H2,1H3,(H,23,24,29). The Balaban J connectivity index is 1.52. The molecule has 12 heteroatoms. The molecular formula is C18H19F3N6O3. The van der Waals surface area contributed by atoms with Crippen molar-refractivity contribution in [1.82, 2.24) is 29.3 Å². The fraction of sp³-hybridized carbons (Fsp3) is 0.444. The lowest BCUT2D eigenvalue weighted by atomic mass is 9.90. The summed E-state index contributed by atoms with van der Waals surface area (Å²) in [4.78, 5) is 29.1. The highest BCUT2D eigenvalue weighted by molar-refractivity contribution is 5.95. The third-order valence-electron chi connectivity index (χ3n) is 5.44. The number of aliphatic hydroxyl groups excluding tert-OH is 1. The minimum absolute atomic E-state index is 0.0543. The maximum absolute atomic E-state index is 12.9. The molecular weight excluding hydrogens is 405 g/mol. The second kappa shape index (κ2) is 7.27. The van der Waals surface area contributed by atoms with Crippen molar-refractivity contribution in [2.45, 2.75) is 32.0 Å². The van der Waals surface area contributed by atoms with E-state index in [0.29, 0.717) is 11.2 Å². The minimum Gasteiger partial charge on any atom is -0.383 e. The van der Waals surface area contributed by atoms with Gasteiger partial charge in [-0.3, -0.25) is 14.6 Å². The Morgan fingerprint density at radius 2 is 2.03 bits per heavy atom. The van der Waals surface area contributed by atoms with Crippen LogP contribution in [0.2, 0.25) is 0 Å². The maximum Gasteiger partial charge on any atom is 0.414 e. The number of carbonyl (C=O) groups is 1. The highest BCUT2D eigenvalue weighted by Gasteiger charge is 2.44. The van der Waals surface area contributed by atoms with Crippen molar-refractivity contribution in [3.05, 3.63) is 46.1 Å². The fourth-order valence-corrected chi connectivity index (χ4v) is 3.72. The molecule has 0 spiro atoms. The van der Waals surface area contributed by atoms with Gasteiger partial charge >= 0.3 is 6.18 Å². The summed E-state index contributed by atoms with van der Waals surface area (Å²) in [7, 11) is 0. The Bertz CT molecular complexity index is 1140. The number of aromatic nitrogens is 5. The third kappa shape index (κ3) is 3.47. The van der Waals surface area contributed by atoms with Crippen LogP contribution in [0, 0.1) is 12.8 Å². The zero-order valence-electron chi connectivity index (χ0n) is 15.9. The topological polar surface area (TPSA) is 109 Å². The Morgan fingerprint density at radius 1 is 1.33 bits per heavy atom. The van der Waals surface area contributed by atoms with Crippen molar-refractivity contribution in [3.8, 4) is 5.95 Å². The predicted octanol–water partition coefficient (Wildman–Crippen LogP) is 1.29. The maximum atomic E-state index is 12.9. The van der Waals surface area contributed by atoms with Crippen molar-refractivity contribution in [3.63, 3.8) is 0 Å². The van der Waals surface area contributed by atoms with Gasteiger partial charge in [-0.1, -0.05) is 0 Å². The second-order valence-corrected chi connectivity index (χ2v) is 7.29. The summed E-state index contributed by atoms with van der Waals surface area (Å²) < 4.78 is 40.8.